The van der Waals surface area contributed by atoms with Crippen molar-refractivity contribution in [3.63, 3.8) is 0 Å². The average Bonchev–Trinajstić information content (AvgIpc) is 3.12. The normalized spacial score (nSPS) is 21.7. The topological polar surface area (TPSA) is 6.48 Å². The summed E-state index contributed by atoms with van der Waals surface area (Å²) in [5.41, 5.74) is 7.24. The summed E-state index contributed by atoms with van der Waals surface area (Å²) in [5, 5.41) is 0. The van der Waals surface area contributed by atoms with Crippen LogP contribution < -0.4 is 0 Å². The summed E-state index contributed by atoms with van der Waals surface area (Å²) in [5.74, 6) is 0.646. The number of rotatable bonds is 6. The smallest absolute Gasteiger partial charge is 0.0947 e. The van der Waals surface area contributed by atoms with Gasteiger partial charge in [0.05, 0.1) is 12.7 Å². The second-order valence-corrected chi connectivity index (χ2v) is 8.31. The van der Waals surface area contributed by atoms with Gasteiger partial charge >= 0.3 is 0 Å². The van der Waals surface area contributed by atoms with E-state index in [4.69, 9.17) is 0 Å². The zero-order valence-electron chi connectivity index (χ0n) is 16.6. The molecular formula is C26H28N2. The summed E-state index contributed by atoms with van der Waals surface area (Å²) in [6, 6.07) is 20.4. The number of hydrogen-bond donors (Lipinski definition) is 0. The summed E-state index contributed by atoms with van der Waals surface area (Å²) in [4.78, 5) is 4.96. The number of nitrogens with zero attached hydrogens (tertiary/aromatic N) is 2. The van der Waals surface area contributed by atoms with Crippen molar-refractivity contribution in [3.8, 4) is 0 Å². The van der Waals surface area contributed by atoms with Crippen LogP contribution in [0.15, 0.2) is 90.4 Å². The minimum absolute atomic E-state index is 0.379. The first kappa shape index (κ1) is 17.4. The van der Waals surface area contributed by atoms with Crippen LogP contribution in [-0.4, -0.2) is 16.5 Å². The predicted molar refractivity (Wildman–Crippen MR) is 115 cm³/mol. The summed E-state index contributed by atoms with van der Waals surface area (Å²) in [6.07, 6.45) is 14.2. The Hall–Kier alpha value is -2.74. The largest absolute Gasteiger partial charge is 0.348 e. The molecule has 0 fully saturated rings. The summed E-state index contributed by atoms with van der Waals surface area (Å²) in [7, 11) is 0. The third kappa shape index (κ3) is 3.28. The van der Waals surface area contributed by atoms with Gasteiger partial charge in [-0.05, 0) is 49.3 Å². The van der Waals surface area contributed by atoms with Gasteiger partial charge in [0.15, 0.2) is 0 Å². The van der Waals surface area contributed by atoms with Gasteiger partial charge in [-0.15, -0.1) is 0 Å². The van der Waals surface area contributed by atoms with Crippen molar-refractivity contribution < 1.29 is 0 Å². The molecule has 0 amide bonds. The van der Waals surface area contributed by atoms with Crippen LogP contribution in [0, 0.1) is 12.8 Å². The van der Waals surface area contributed by atoms with Gasteiger partial charge < -0.3 is 9.80 Å². The second kappa shape index (κ2) is 7.35. The average molecular weight is 369 g/mol. The first-order chi connectivity index (χ1) is 13.8. The molecule has 0 saturated carbocycles. The SMILES string of the molecule is Cc1ccc(C(C2=CCC2)N2C=CN(C3=CCC3Cc3ccccc3)C2)cc1. The highest BCUT2D eigenvalue weighted by molar-refractivity contribution is 5.35. The Morgan fingerprint density at radius 2 is 1.75 bits per heavy atom. The molecule has 0 bridgehead atoms. The molecule has 2 aromatic rings. The van der Waals surface area contributed by atoms with Crippen molar-refractivity contribution in [1.82, 2.24) is 9.80 Å². The van der Waals surface area contributed by atoms with Gasteiger partial charge in [-0.3, -0.25) is 0 Å². The fourth-order valence-corrected chi connectivity index (χ4v) is 4.53. The molecule has 1 aliphatic heterocycles. The van der Waals surface area contributed by atoms with Gasteiger partial charge in [-0.25, -0.2) is 0 Å². The molecule has 5 rings (SSSR count). The van der Waals surface area contributed by atoms with Gasteiger partial charge in [0.2, 0.25) is 0 Å². The molecule has 28 heavy (non-hydrogen) atoms. The van der Waals surface area contributed by atoms with Crippen LogP contribution >= 0.6 is 0 Å². The molecule has 2 heteroatoms. The highest BCUT2D eigenvalue weighted by atomic mass is 15.4. The highest BCUT2D eigenvalue weighted by Crippen LogP contribution is 2.41. The van der Waals surface area contributed by atoms with E-state index in [1.54, 1.807) is 5.57 Å². The van der Waals surface area contributed by atoms with Gasteiger partial charge in [0.1, 0.15) is 0 Å². The molecule has 0 aromatic heterocycles. The monoisotopic (exact) mass is 368 g/mol. The fraction of sp³-hybridized carbons (Fsp3) is 0.308. The van der Waals surface area contributed by atoms with E-state index in [-0.39, 0.29) is 0 Å². The number of benzene rings is 2. The van der Waals surface area contributed by atoms with Gasteiger partial charge in [0.25, 0.3) is 0 Å². The first-order valence-corrected chi connectivity index (χ1v) is 10.5. The standard InChI is InChI=1S/C26H28N2/c1-20-10-12-23(13-11-20)26(22-8-5-9-22)28-17-16-27(19-28)25-15-14-24(25)18-21-6-3-2-4-7-21/h2-4,6-8,10-13,15-17,24,26H,5,9,14,18-19H2,1H3. The number of allylic oxidation sites excluding steroid dienone is 3. The molecule has 3 aliphatic rings. The van der Waals surface area contributed by atoms with Gasteiger partial charge in [-0.1, -0.05) is 72.3 Å². The van der Waals surface area contributed by atoms with E-state index < -0.39 is 0 Å². The van der Waals surface area contributed by atoms with Crippen molar-refractivity contribution >= 4 is 0 Å². The Morgan fingerprint density at radius 1 is 0.964 bits per heavy atom. The van der Waals surface area contributed by atoms with E-state index in [1.807, 2.05) is 0 Å². The van der Waals surface area contributed by atoms with Crippen molar-refractivity contribution in [1.29, 1.82) is 0 Å². The Kier molecular flexibility index (Phi) is 4.56. The molecule has 0 spiro atoms. The zero-order chi connectivity index (χ0) is 18.9. The van der Waals surface area contributed by atoms with E-state index >= 15 is 0 Å². The Morgan fingerprint density at radius 3 is 2.39 bits per heavy atom. The zero-order valence-corrected chi connectivity index (χ0v) is 16.6. The van der Waals surface area contributed by atoms with E-state index in [1.165, 1.54) is 41.6 Å². The molecule has 2 aromatic carbocycles. The van der Waals surface area contributed by atoms with Crippen molar-refractivity contribution in [2.45, 2.75) is 38.6 Å². The van der Waals surface area contributed by atoms with E-state index in [0.717, 1.165) is 13.1 Å². The second-order valence-electron chi connectivity index (χ2n) is 8.31. The third-order valence-electron chi connectivity index (χ3n) is 6.36. The predicted octanol–water partition coefficient (Wildman–Crippen LogP) is 5.95. The van der Waals surface area contributed by atoms with Crippen LogP contribution in [0.2, 0.25) is 0 Å². The molecule has 1 heterocycles. The van der Waals surface area contributed by atoms with Crippen LogP contribution in [0.4, 0.5) is 0 Å². The third-order valence-corrected chi connectivity index (χ3v) is 6.36. The van der Waals surface area contributed by atoms with Crippen LogP contribution in [0.3, 0.4) is 0 Å². The lowest BCUT2D eigenvalue weighted by atomic mass is 9.84. The van der Waals surface area contributed by atoms with Crippen molar-refractivity contribution in [2.24, 2.45) is 5.92 Å². The molecule has 0 radical (unpaired) electrons. The molecule has 2 aliphatic carbocycles. The number of aryl methyl sites for hydroxylation is 1. The lowest BCUT2D eigenvalue weighted by Gasteiger charge is -2.38. The Balaban J connectivity index is 1.29. The van der Waals surface area contributed by atoms with E-state index in [9.17, 15) is 0 Å². The first-order valence-electron chi connectivity index (χ1n) is 10.5. The van der Waals surface area contributed by atoms with Crippen LogP contribution in [0.5, 0.6) is 0 Å². The van der Waals surface area contributed by atoms with Crippen molar-refractivity contribution in [2.75, 3.05) is 6.67 Å². The van der Waals surface area contributed by atoms with E-state index in [0.29, 0.717) is 12.0 Å². The maximum absolute atomic E-state index is 2.51. The van der Waals surface area contributed by atoms with E-state index in [2.05, 4.69) is 95.9 Å². The van der Waals surface area contributed by atoms with Crippen molar-refractivity contribution in [3.05, 3.63) is 107 Å². The summed E-state index contributed by atoms with van der Waals surface area (Å²) in [6.45, 7) is 3.11. The molecule has 2 unspecified atom stereocenters. The Labute approximate surface area is 168 Å². The molecular weight excluding hydrogens is 340 g/mol. The summed E-state index contributed by atoms with van der Waals surface area (Å²) >= 11 is 0. The quantitative estimate of drug-likeness (QED) is 0.581. The number of hydrogen-bond acceptors (Lipinski definition) is 2. The lowest BCUT2D eigenvalue weighted by molar-refractivity contribution is 0.230. The van der Waals surface area contributed by atoms with Crippen LogP contribution in [-0.2, 0) is 6.42 Å². The van der Waals surface area contributed by atoms with Gasteiger partial charge in [-0.2, -0.15) is 0 Å². The molecule has 2 nitrogen and oxygen atoms in total. The lowest BCUT2D eigenvalue weighted by Crippen LogP contribution is -2.34. The minimum Gasteiger partial charge on any atom is -0.348 e. The highest BCUT2D eigenvalue weighted by Gasteiger charge is 2.32. The molecule has 0 saturated heterocycles. The van der Waals surface area contributed by atoms with Crippen LogP contribution in [0.25, 0.3) is 0 Å². The Bertz CT molecular complexity index is 921. The molecule has 2 atom stereocenters. The maximum atomic E-state index is 2.51. The molecule has 0 N–H and O–H groups in total. The molecule has 142 valence electrons. The fourth-order valence-electron chi connectivity index (χ4n) is 4.53. The summed E-state index contributed by atoms with van der Waals surface area (Å²) < 4.78 is 0. The van der Waals surface area contributed by atoms with Crippen LogP contribution in [0.1, 0.15) is 42.0 Å². The minimum atomic E-state index is 0.379. The maximum Gasteiger partial charge on any atom is 0.0947 e. The van der Waals surface area contributed by atoms with Gasteiger partial charge in [0, 0.05) is 24.0 Å².